The molecule has 1 aromatic heterocycles. The number of likely N-dealkylation sites (N-methyl/N-ethyl adjacent to an activating group) is 1. The molecule has 2 heterocycles. The zero-order chi connectivity index (χ0) is 24.1. The van der Waals surface area contributed by atoms with Gasteiger partial charge in [-0.1, -0.05) is 0 Å². The number of nitrogens with two attached hydrogens (primary N) is 1. The zero-order valence-corrected chi connectivity index (χ0v) is 18.0. The van der Waals surface area contributed by atoms with E-state index in [0.29, 0.717) is 30.2 Å². The quantitative estimate of drug-likeness (QED) is 0.189. The molecule has 2 atom stereocenters. The molecule has 0 fully saturated rings. The van der Waals surface area contributed by atoms with Gasteiger partial charge in [-0.25, -0.2) is 0 Å². The minimum Gasteiger partial charge on any atom is -0.383 e. The normalized spacial score (nSPS) is 16.3. The summed E-state index contributed by atoms with van der Waals surface area (Å²) in [6.45, 7) is 1.04. The molecule has 1 aliphatic heterocycles. The Morgan fingerprint density at radius 2 is 1.94 bits per heavy atom. The number of hydrogen-bond acceptors (Lipinski definition) is 11. The molecule has 0 aliphatic carbocycles. The van der Waals surface area contributed by atoms with Crippen LogP contribution in [0.3, 0.4) is 0 Å². The van der Waals surface area contributed by atoms with E-state index < -0.39 is 24.5 Å². The summed E-state index contributed by atoms with van der Waals surface area (Å²) in [5.74, 6) is -0.0396. The second kappa shape index (κ2) is 10.5. The van der Waals surface area contributed by atoms with Gasteiger partial charge >= 0.3 is 0 Å². The van der Waals surface area contributed by atoms with Crippen molar-refractivity contribution in [3.63, 3.8) is 0 Å². The summed E-state index contributed by atoms with van der Waals surface area (Å²) in [6.07, 6.45) is -3.57. The molecule has 10 N–H and O–H groups in total. The van der Waals surface area contributed by atoms with Gasteiger partial charge in [0.15, 0.2) is 18.4 Å². The maximum Gasteiger partial charge on any atom is 0.278 e. The van der Waals surface area contributed by atoms with Gasteiger partial charge in [0.1, 0.15) is 5.69 Å². The van der Waals surface area contributed by atoms with Gasteiger partial charge in [-0.05, 0) is 30.7 Å². The maximum atomic E-state index is 12.4. The minimum absolute atomic E-state index is 0.0161. The number of carbonyl (C=O) groups excluding carboxylic acids is 1. The number of nitrogen functional groups attached to an aromatic ring is 1. The van der Waals surface area contributed by atoms with Crippen LogP contribution in [0.1, 0.15) is 23.2 Å². The van der Waals surface area contributed by atoms with Crippen molar-refractivity contribution >= 4 is 29.0 Å². The number of H-pyrrole nitrogens is 1. The first kappa shape index (κ1) is 24.3. The summed E-state index contributed by atoms with van der Waals surface area (Å²) in [6, 6.07) is 5.47. The molecule has 1 amide bonds. The van der Waals surface area contributed by atoms with Crippen LogP contribution >= 0.6 is 0 Å². The van der Waals surface area contributed by atoms with E-state index in [1.165, 1.54) is 0 Å². The molecule has 0 radical (unpaired) electrons. The van der Waals surface area contributed by atoms with Crippen molar-refractivity contribution in [1.29, 1.82) is 0 Å². The SMILES string of the molecule is CN1c2c(nc(N)[nH]c2=O)NC[C@@H]1CNc1ccc(C(=O)NC(CCC(O)O)C(O)O)cc1. The zero-order valence-electron chi connectivity index (χ0n) is 18.0. The number of hydrogen-bond donors (Lipinski definition) is 9. The summed E-state index contributed by atoms with van der Waals surface area (Å²) in [4.78, 5) is 33.1. The largest absolute Gasteiger partial charge is 0.383 e. The molecule has 180 valence electrons. The summed E-state index contributed by atoms with van der Waals surface area (Å²) in [5, 5.41) is 45.5. The highest BCUT2D eigenvalue weighted by atomic mass is 16.5. The Bertz CT molecular complexity index is 1010. The lowest BCUT2D eigenvalue weighted by Gasteiger charge is -2.35. The van der Waals surface area contributed by atoms with Gasteiger partial charge in [-0.15, -0.1) is 0 Å². The number of rotatable bonds is 9. The van der Waals surface area contributed by atoms with Crippen LogP contribution in [0.15, 0.2) is 29.1 Å². The molecular formula is C20H29N7O6. The number of carbonyl (C=O) groups is 1. The summed E-state index contributed by atoms with van der Waals surface area (Å²) in [7, 11) is 1.80. The van der Waals surface area contributed by atoms with E-state index >= 15 is 0 Å². The predicted octanol–water partition coefficient (Wildman–Crippen LogP) is -1.81. The van der Waals surface area contributed by atoms with Crippen molar-refractivity contribution in [2.24, 2.45) is 0 Å². The van der Waals surface area contributed by atoms with Crippen LogP contribution in [0.25, 0.3) is 0 Å². The van der Waals surface area contributed by atoms with E-state index in [-0.39, 0.29) is 30.4 Å². The third-order valence-corrected chi connectivity index (χ3v) is 5.42. The lowest BCUT2D eigenvalue weighted by molar-refractivity contribution is -0.0817. The number of anilines is 4. The van der Waals surface area contributed by atoms with Crippen molar-refractivity contribution in [2.45, 2.75) is 37.5 Å². The van der Waals surface area contributed by atoms with Gasteiger partial charge in [-0.3, -0.25) is 14.6 Å². The van der Waals surface area contributed by atoms with Gasteiger partial charge in [0.05, 0.1) is 12.1 Å². The van der Waals surface area contributed by atoms with Crippen molar-refractivity contribution in [3.05, 3.63) is 40.2 Å². The summed E-state index contributed by atoms with van der Waals surface area (Å²) < 4.78 is 0. The van der Waals surface area contributed by atoms with E-state index in [1.807, 2.05) is 4.90 Å². The number of nitrogens with one attached hydrogen (secondary N) is 4. The van der Waals surface area contributed by atoms with E-state index in [9.17, 15) is 19.8 Å². The molecule has 13 heteroatoms. The Morgan fingerprint density at radius 3 is 2.58 bits per heavy atom. The lowest BCUT2D eigenvalue weighted by atomic mass is 10.1. The van der Waals surface area contributed by atoms with E-state index in [4.69, 9.17) is 15.9 Å². The van der Waals surface area contributed by atoms with Gasteiger partial charge in [0, 0.05) is 37.8 Å². The molecule has 0 saturated heterocycles. The Labute approximate surface area is 189 Å². The monoisotopic (exact) mass is 463 g/mol. The van der Waals surface area contributed by atoms with Crippen LogP contribution in [-0.2, 0) is 0 Å². The van der Waals surface area contributed by atoms with Gasteiger partial charge in [0.25, 0.3) is 11.5 Å². The number of fused-ring (bicyclic) bond motifs is 1. The standard InChI is InChI=1S/C20H29N7O6/c1-27-12(9-23-16-15(27)18(31)26-20(21)25-16)8-22-11-4-2-10(3-5-11)17(30)24-13(19(32)33)6-7-14(28)29/h2-5,12-14,19,22,28-29,32-33H,6-9H2,1H3,(H,24,30)(H4,21,23,25,26,31)/t12-,13?/m0/s1. The number of aliphatic hydroxyl groups excluding tert-OH is 2. The van der Waals surface area contributed by atoms with Gasteiger partial charge in [-0.2, -0.15) is 4.98 Å². The van der Waals surface area contributed by atoms with Crippen molar-refractivity contribution in [3.8, 4) is 0 Å². The van der Waals surface area contributed by atoms with E-state index in [0.717, 1.165) is 5.69 Å². The summed E-state index contributed by atoms with van der Waals surface area (Å²) >= 11 is 0. The van der Waals surface area contributed by atoms with Gasteiger partial charge in [0.2, 0.25) is 5.95 Å². The maximum absolute atomic E-state index is 12.4. The highest BCUT2D eigenvalue weighted by molar-refractivity contribution is 5.94. The van der Waals surface area contributed by atoms with Gasteiger partial charge < -0.3 is 47.0 Å². The molecule has 1 aliphatic rings. The van der Waals surface area contributed by atoms with Crippen LogP contribution in [-0.4, -0.2) is 81.1 Å². The number of amides is 1. The molecule has 33 heavy (non-hydrogen) atoms. The fraction of sp³-hybridized carbons (Fsp3) is 0.450. The second-order valence-electron chi connectivity index (χ2n) is 7.80. The Balaban J connectivity index is 1.57. The molecule has 1 aromatic carbocycles. The first-order valence-electron chi connectivity index (χ1n) is 10.4. The Morgan fingerprint density at radius 1 is 1.24 bits per heavy atom. The molecule has 1 unspecified atom stereocenters. The Hall–Kier alpha value is -3.39. The molecule has 2 aromatic rings. The number of aromatic nitrogens is 2. The predicted molar refractivity (Wildman–Crippen MR) is 122 cm³/mol. The molecular weight excluding hydrogens is 434 g/mol. The second-order valence-corrected chi connectivity index (χ2v) is 7.80. The van der Waals surface area contributed by atoms with Crippen LogP contribution in [0.2, 0.25) is 0 Å². The topological polar surface area (TPSA) is 209 Å². The highest BCUT2D eigenvalue weighted by Gasteiger charge is 2.27. The van der Waals surface area contributed by atoms with Crippen LogP contribution in [0.4, 0.5) is 23.1 Å². The van der Waals surface area contributed by atoms with Crippen LogP contribution < -0.4 is 32.1 Å². The third-order valence-electron chi connectivity index (χ3n) is 5.42. The average Bonchev–Trinajstić information content (AvgIpc) is 2.75. The molecule has 0 saturated carbocycles. The molecule has 0 spiro atoms. The van der Waals surface area contributed by atoms with Crippen LogP contribution in [0.5, 0.6) is 0 Å². The van der Waals surface area contributed by atoms with Crippen molar-refractivity contribution in [2.75, 3.05) is 41.4 Å². The van der Waals surface area contributed by atoms with E-state index in [2.05, 4.69) is 25.9 Å². The first-order chi connectivity index (χ1) is 15.7. The minimum atomic E-state index is -1.83. The number of aliphatic hydroxyl groups is 4. The number of benzene rings is 1. The molecule has 3 rings (SSSR count). The Kier molecular flexibility index (Phi) is 7.71. The highest BCUT2D eigenvalue weighted by Crippen LogP contribution is 2.25. The van der Waals surface area contributed by atoms with E-state index in [1.54, 1.807) is 31.3 Å². The molecule has 0 bridgehead atoms. The van der Waals surface area contributed by atoms with Crippen molar-refractivity contribution in [1.82, 2.24) is 15.3 Å². The third kappa shape index (κ3) is 6.10. The lowest BCUT2D eigenvalue weighted by Crippen LogP contribution is -2.48. The number of nitrogens with zero attached hydrogens (tertiary/aromatic N) is 2. The fourth-order valence-electron chi connectivity index (χ4n) is 3.53. The van der Waals surface area contributed by atoms with Crippen LogP contribution in [0, 0.1) is 0 Å². The van der Waals surface area contributed by atoms with Crippen molar-refractivity contribution < 1.29 is 25.2 Å². The summed E-state index contributed by atoms with van der Waals surface area (Å²) in [5.41, 5.74) is 6.72. The average molecular weight is 463 g/mol. The fourth-order valence-corrected chi connectivity index (χ4v) is 3.53. The first-order valence-corrected chi connectivity index (χ1v) is 10.4. The smallest absolute Gasteiger partial charge is 0.278 e. The number of aromatic amines is 1. The molecule has 13 nitrogen and oxygen atoms in total.